The third-order valence-electron chi connectivity index (χ3n) is 7.47. The van der Waals surface area contributed by atoms with Crippen LogP contribution in [0.3, 0.4) is 0 Å². The van der Waals surface area contributed by atoms with Crippen molar-refractivity contribution in [1.29, 1.82) is 0 Å². The third-order valence-corrected chi connectivity index (χ3v) is 9.89. The number of benzene rings is 1. The zero-order valence-electron chi connectivity index (χ0n) is 18.8. The van der Waals surface area contributed by atoms with Gasteiger partial charge in [-0.05, 0) is 119 Å². The first-order valence-corrected chi connectivity index (χ1v) is 12.4. The molecule has 1 aliphatic carbocycles. The van der Waals surface area contributed by atoms with Gasteiger partial charge in [0.2, 0.25) is 0 Å². The topological polar surface area (TPSA) is 0 Å². The van der Waals surface area contributed by atoms with E-state index >= 15 is 0 Å². The van der Waals surface area contributed by atoms with Crippen molar-refractivity contribution in [3.05, 3.63) is 50.1 Å². The van der Waals surface area contributed by atoms with Gasteiger partial charge >= 0.3 is 0 Å². The molecule has 0 heterocycles. The number of hydrogen-bond donors (Lipinski definition) is 0. The lowest BCUT2D eigenvalue weighted by Gasteiger charge is -2.22. The maximum absolute atomic E-state index is 2.40. The first kappa shape index (κ1) is 21.2. The average molecular weight is 369 g/mol. The van der Waals surface area contributed by atoms with Crippen LogP contribution in [0.5, 0.6) is 0 Å². The molecule has 1 aliphatic rings. The zero-order chi connectivity index (χ0) is 19.6. The summed E-state index contributed by atoms with van der Waals surface area (Å²) in [6, 6.07) is 1.41. The Labute approximate surface area is 165 Å². The molecule has 144 valence electrons. The smallest absolute Gasteiger partial charge is 0.0563 e. The molecule has 2 rings (SSSR count). The lowest BCUT2D eigenvalue weighted by molar-refractivity contribution is 0.664. The van der Waals surface area contributed by atoms with E-state index in [-0.39, 0.29) is 9.52 Å². The van der Waals surface area contributed by atoms with Gasteiger partial charge in [-0.2, -0.15) is 0 Å². The summed E-state index contributed by atoms with van der Waals surface area (Å²) in [5.41, 5.74) is 14.4. The molecule has 0 saturated carbocycles. The van der Waals surface area contributed by atoms with Crippen molar-refractivity contribution < 1.29 is 0 Å². The molecule has 0 spiro atoms. The van der Waals surface area contributed by atoms with E-state index < -0.39 is 0 Å². The molecule has 1 atom stereocenters. The monoisotopic (exact) mass is 368 g/mol. The van der Waals surface area contributed by atoms with Crippen molar-refractivity contribution >= 4 is 14.7 Å². The standard InChI is InChI=1S/C25H40Si/c1-10-11-12-13-23-19(6)18(5)20(7)24(23)14-26-25-21(8)16(3)15(2)17(4)22(25)9/h24H,10-14,26H2,1-9H3. The van der Waals surface area contributed by atoms with Gasteiger partial charge in [0, 0.05) is 0 Å². The quantitative estimate of drug-likeness (QED) is 0.391. The molecule has 0 N–H and O–H groups in total. The minimum absolute atomic E-state index is 0.263. The summed E-state index contributed by atoms with van der Waals surface area (Å²) in [5, 5.41) is 1.74. The summed E-state index contributed by atoms with van der Waals surface area (Å²) in [6.07, 6.45) is 5.37. The number of hydrogen-bond acceptors (Lipinski definition) is 0. The van der Waals surface area contributed by atoms with Gasteiger partial charge in [0.25, 0.3) is 0 Å². The predicted molar refractivity (Wildman–Crippen MR) is 122 cm³/mol. The first-order chi connectivity index (χ1) is 12.2. The molecule has 0 saturated heterocycles. The van der Waals surface area contributed by atoms with Crippen LogP contribution < -0.4 is 5.19 Å². The van der Waals surface area contributed by atoms with E-state index in [1.807, 2.05) is 0 Å². The van der Waals surface area contributed by atoms with Gasteiger partial charge in [-0.25, -0.2) is 0 Å². The molecule has 1 heteroatoms. The highest BCUT2D eigenvalue weighted by atomic mass is 28.2. The molecule has 0 fully saturated rings. The molecule has 1 aromatic rings. The van der Waals surface area contributed by atoms with Crippen LogP contribution >= 0.6 is 0 Å². The number of allylic oxidation sites excluding steroid dienone is 4. The Morgan fingerprint density at radius 1 is 0.692 bits per heavy atom. The number of rotatable bonds is 7. The molecular weight excluding hydrogens is 328 g/mol. The summed E-state index contributed by atoms with van der Waals surface area (Å²) in [6.45, 7) is 21.1. The predicted octanol–water partition coefficient (Wildman–Crippen LogP) is 6.30. The summed E-state index contributed by atoms with van der Waals surface area (Å²) < 4.78 is 0. The highest BCUT2D eigenvalue weighted by molar-refractivity contribution is 6.55. The highest BCUT2D eigenvalue weighted by Gasteiger charge is 2.27. The van der Waals surface area contributed by atoms with Crippen LogP contribution in [0.4, 0.5) is 0 Å². The van der Waals surface area contributed by atoms with Gasteiger partial charge in [0.05, 0.1) is 9.52 Å². The average Bonchev–Trinajstić information content (AvgIpc) is 2.82. The summed E-state index contributed by atoms with van der Waals surface area (Å²) in [5.74, 6) is 0.735. The van der Waals surface area contributed by atoms with Crippen molar-refractivity contribution in [3.63, 3.8) is 0 Å². The minimum atomic E-state index is -0.263. The van der Waals surface area contributed by atoms with E-state index in [0.29, 0.717) is 0 Å². The summed E-state index contributed by atoms with van der Waals surface area (Å²) >= 11 is 0. The van der Waals surface area contributed by atoms with Gasteiger partial charge in [0.1, 0.15) is 0 Å². The third kappa shape index (κ3) is 3.93. The Bertz CT molecular complexity index is 717. The second-order valence-corrected chi connectivity index (χ2v) is 10.4. The van der Waals surface area contributed by atoms with Crippen LogP contribution in [-0.4, -0.2) is 9.52 Å². The van der Waals surface area contributed by atoms with Gasteiger partial charge < -0.3 is 0 Å². The minimum Gasteiger partial charge on any atom is -0.0654 e. The molecule has 0 aromatic heterocycles. The molecule has 1 aromatic carbocycles. The van der Waals surface area contributed by atoms with Crippen molar-refractivity contribution in [1.82, 2.24) is 0 Å². The van der Waals surface area contributed by atoms with Gasteiger partial charge in [-0.15, -0.1) is 0 Å². The molecule has 0 nitrogen and oxygen atoms in total. The maximum atomic E-state index is 2.40. The van der Waals surface area contributed by atoms with E-state index in [2.05, 4.69) is 62.3 Å². The summed E-state index contributed by atoms with van der Waals surface area (Å²) in [7, 11) is -0.263. The van der Waals surface area contributed by atoms with Crippen molar-refractivity contribution in [2.24, 2.45) is 5.92 Å². The molecule has 0 bridgehead atoms. The summed E-state index contributed by atoms with van der Waals surface area (Å²) in [4.78, 5) is 0. The van der Waals surface area contributed by atoms with Gasteiger partial charge in [-0.1, -0.05) is 36.1 Å². The van der Waals surface area contributed by atoms with E-state index in [0.717, 1.165) is 5.92 Å². The normalized spacial score (nSPS) is 18.1. The Balaban J connectivity index is 2.25. The van der Waals surface area contributed by atoms with Crippen molar-refractivity contribution in [3.8, 4) is 0 Å². The van der Waals surface area contributed by atoms with Crippen LogP contribution in [0.25, 0.3) is 0 Å². The van der Waals surface area contributed by atoms with Crippen LogP contribution in [-0.2, 0) is 0 Å². The lowest BCUT2D eigenvalue weighted by atomic mass is 9.93. The Hall–Kier alpha value is -1.08. The van der Waals surface area contributed by atoms with E-state index in [1.54, 1.807) is 38.6 Å². The van der Waals surface area contributed by atoms with Crippen molar-refractivity contribution in [2.75, 3.05) is 0 Å². The Morgan fingerprint density at radius 3 is 1.77 bits per heavy atom. The molecule has 26 heavy (non-hydrogen) atoms. The van der Waals surface area contributed by atoms with E-state index in [1.165, 1.54) is 48.4 Å². The fraction of sp³-hybridized carbons (Fsp3) is 0.600. The largest absolute Gasteiger partial charge is 0.0654 e. The van der Waals surface area contributed by atoms with E-state index in [9.17, 15) is 0 Å². The molecule has 0 aliphatic heterocycles. The zero-order valence-corrected chi connectivity index (χ0v) is 20.2. The fourth-order valence-corrected chi connectivity index (χ4v) is 7.52. The van der Waals surface area contributed by atoms with E-state index in [4.69, 9.17) is 0 Å². The van der Waals surface area contributed by atoms with Crippen LogP contribution in [0.1, 0.15) is 81.2 Å². The fourth-order valence-electron chi connectivity index (χ4n) is 4.88. The van der Waals surface area contributed by atoms with Gasteiger partial charge in [0.15, 0.2) is 0 Å². The van der Waals surface area contributed by atoms with Crippen LogP contribution in [0.15, 0.2) is 22.3 Å². The molecule has 1 unspecified atom stereocenters. The Kier molecular flexibility index (Phi) is 7.13. The second-order valence-electron chi connectivity index (χ2n) is 8.61. The highest BCUT2D eigenvalue weighted by Crippen LogP contribution is 2.41. The van der Waals surface area contributed by atoms with Gasteiger partial charge in [-0.3, -0.25) is 0 Å². The van der Waals surface area contributed by atoms with Crippen molar-refractivity contribution in [2.45, 2.75) is 94.0 Å². The molecular formula is C25H40Si. The SMILES string of the molecule is CCCCCC1=C(C)C(C)=C(C)C1C[SiH2]c1c(C)c(C)c(C)c(C)c1C. The Morgan fingerprint density at radius 2 is 1.23 bits per heavy atom. The van der Waals surface area contributed by atoms with Crippen LogP contribution in [0, 0.1) is 40.5 Å². The first-order valence-electron chi connectivity index (χ1n) is 10.6. The second kappa shape index (κ2) is 8.74. The molecule has 0 amide bonds. The molecule has 0 radical (unpaired) electrons. The lowest BCUT2D eigenvalue weighted by Crippen LogP contribution is -2.26. The maximum Gasteiger partial charge on any atom is 0.0563 e. The van der Waals surface area contributed by atoms with Crippen LogP contribution in [0.2, 0.25) is 6.04 Å². The number of unbranched alkanes of at least 4 members (excludes halogenated alkanes) is 2.